The largest absolute Gasteiger partial charge is 0.355 e. The molecule has 1 atom stereocenters. The van der Waals surface area contributed by atoms with Crippen molar-refractivity contribution in [2.24, 2.45) is 0 Å². The third-order valence-electron chi connectivity index (χ3n) is 7.55. The van der Waals surface area contributed by atoms with Crippen molar-refractivity contribution >= 4 is 40.4 Å². The van der Waals surface area contributed by atoms with Gasteiger partial charge < -0.3 is 9.80 Å². The van der Waals surface area contributed by atoms with E-state index in [2.05, 4.69) is 28.0 Å². The number of amides is 1. The van der Waals surface area contributed by atoms with Crippen molar-refractivity contribution in [1.29, 1.82) is 0 Å². The number of halogens is 1. The Morgan fingerprint density at radius 2 is 1.93 bits per heavy atom. The van der Waals surface area contributed by atoms with Gasteiger partial charge in [0.2, 0.25) is 5.91 Å². The predicted octanol–water partition coefficient (Wildman–Crippen LogP) is 5.79. The van der Waals surface area contributed by atoms with Crippen LogP contribution < -0.4 is 10.6 Å². The van der Waals surface area contributed by atoms with Crippen molar-refractivity contribution in [1.82, 2.24) is 24.4 Å². The lowest BCUT2D eigenvalue weighted by molar-refractivity contribution is -0.126. The van der Waals surface area contributed by atoms with Crippen LogP contribution in [0.1, 0.15) is 43.5 Å². The molecule has 5 rings (SSSR count). The summed E-state index contributed by atoms with van der Waals surface area (Å²) in [5.41, 5.74) is 4.54. The third-order valence-corrected chi connectivity index (χ3v) is 7.84. The number of pyridine rings is 2. The fourth-order valence-electron chi connectivity index (χ4n) is 5.49. The number of anilines is 1. The zero-order chi connectivity index (χ0) is 29.4. The number of hydrogen-bond acceptors (Lipinski definition) is 6. The van der Waals surface area contributed by atoms with Gasteiger partial charge in [-0.15, -0.1) is 0 Å². The van der Waals surface area contributed by atoms with Gasteiger partial charge in [0.1, 0.15) is 5.82 Å². The molecule has 0 unspecified atom stereocenters. The molecule has 0 bridgehead atoms. The van der Waals surface area contributed by atoms with Crippen LogP contribution in [0.2, 0.25) is 5.02 Å². The number of aromatic nitrogens is 4. The van der Waals surface area contributed by atoms with Crippen molar-refractivity contribution in [3.8, 4) is 16.9 Å². The van der Waals surface area contributed by atoms with Crippen LogP contribution in [0.4, 0.5) is 5.82 Å². The fourth-order valence-corrected chi connectivity index (χ4v) is 5.75. The van der Waals surface area contributed by atoms with Crippen LogP contribution in [0.25, 0.3) is 34.1 Å². The van der Waals surface area contributed by atoms with E-state index in [0.717, 1.165) is 22.4 Å². The summed E-state index contributed by atoms with van der Waals surface area (Å²) in [5.74, 6) is 0.425. The fraction of sp³-hybridized carbons (Fsp3) is 0.281. The maximum Gasteiger partial charge on any atom is 0.355 e. The minimum Gasteiger partial charge on any atom is -0.350 e. The average molecular weight is 571 g/mol. The minimum atomic E-state index is -0.458. The van der Waals surface area contributed by atoms with E-state index in [9.17, 15) is 9.59 Å². The number of carbonyl (C=O) groups excluding carboxylic acids is 1. The van der Waals surface area contributed by atoms with Gasteiger partial charge in [-0.05, 0) is 49.1 Å². The molecule has 8 nitrogen and oxygen atoms in total. The zero-order valence-electron chi connectivity index (χ0n) is 23.8. The molecule has 0 N–H and O–H groups in total. The summed E-state index contributed by atoms with van der Waals surface area (Å²) >= 11 is 6.94. The maximum atomic E-state index is 14.0. The second-order valence-corrected chi connectivity index (χ2v) is 11.0. The molecule has 0 aliphatic carbocycles. The van der Waals surface area contributed by atoms with E-state index < -0.39 is 5.69 Å². The smallest absolute Gasteiger partial charge is 0.350 e. The second kappa shape index (κ2) is 11.3. The molecule has 9 heteroatoms. The van der Waals surface area contributed by atoms with Gasteiger partial charge in [0.15, 0.2) is 5.65 Å². The van der Waals surface area contributed by atoms with Gasteiger partial charge in [0.05, 0.1) is 27.5 Å². The van der Waals surface area contributed by atoms with Crippen LogP contribution in [-0.4, -0.2) is 56.0 Å². The summed E-state index contributed by atoms with van der Waals surface area (Å²) in [6, 6.07) is 11.4. The Hall–Kier alpha value is -4.30. The minimum absolute atomic E-state index is 0.0512. The molecular formula is C32H33ClN6O2. The number of nitrogens with zero attached hydrogens (tertiary/aromatic N) is 6. The lowest BCUT2D eigenvalue weighted by Gasteiger charge is -2.40. The van der Waals surface area contributed by atoms with Gasteiger partial charge in [-0.25, -0.2) is 14.3 Å². The lowest BCUT2D eigenvalue weighted by Crippen LogP contribution is -2.54. The van der Waals surface area contributed by atoms with E-state index in [0.29, 0.717) is 52.9 Å². The first-order chi connectivity index (χ1) is 19.7. The third kappa shape index (κ3) is 5.04. The highest BCUT2D eigenvalue weighted by Crippen LogP contribution is 2.36. The van der Waals surface area contributed by atoms with Crippen LogP contribution >= 0.6 is 11.6 Å². The van der Waals surface area contributed by atoms with Crippen molar-refractivity contribution in [2.45, 2.75) is 39.7 Å². The lowest BCUT2D eigenvalue weighted by atomic mass is 10.0. The molecule has 1 aliphatic rings. The summed E-state index contributed by atoms with van der Waals surface area (Å²) in [7, 11) is 0. The Bertz CT molecular complexity index is 1740. The highest BCUT2D eigenvalue weighted by atomic mass is 35.5. The molecule has 0 spiro atoms. The van der Waals surface area contributed by atoms with Gasteiger partial charge in [-0.3, -0.25) is 9.78 Å². The van der Waals surface area contributed by atoms with Crippen LogP contribution in [0.3, 0.4) is 0 Å². The SMILES string of the molecule is C=CC(=[18O])N1CCN(c2nc(=O)n(-c3c(C)ccnc3C(C)C)c3nc(-c4ccccc4C=C)c(Cl)cc23)[C@@H](C)C1. The Morgan fingerprint density at radius 3 is 2.61 bits per heavy atom. The van der Waals surface area contributed by atoms with E-state index in [1.807, 2.05) is 64.1 Å². The predicted molar refractivity (Wildman–Crippen MR) is 166 cm³/mol. The number of piperazine rings is 1. The van der Waals surface area contributed by atoms with Gasteiger partial charge in [0, 0.05) is 37.4 Å². The van der Waals surface area contributed by atoms with Gasteiger partial charge >= 0.3 is 5.69 Å². The monoisotopic (exact) mass is 570 g/mol. The van der Waals surface area contributed by atoms with E-state index in [1.54, 1.807) is 21.7 Å². The molecule has 1 fully saturated rings. The first kappa shape index (κ1) is 28.2. The molecule has 1 aliphatic heterocycles. The molecule has 4 aromatic rings. The molecule has 1 amide bonds. The van der Waals surface area contributed by atoms with Crippen LogP contribution in [0.15, 0.2) is 66.6 Å². The van der Waals surface area contributed by atoms with Gasteiger partial charge in [0.25, 0.3) is 0 Å². The van der Waals surface area contributed by atoms with Gasteiger partial charge in [-0.1, -0.05) is 68.9 Å². The van der Waals surface area contributed by atoms with E-state index >= 15 is 0 Å². The zero-order valence-corrected chi connectivity index (χ0v) is 24.5. The second-order valence-electron chi connectivity index (χ2n) is 10.6. The van der Waals surface area contributed by atoms with Crippen molar-refractivity contribution < 1.29 is 4.79 Å². The number of benzene rings is 1. The van der Waals surface area contributed by atoms with Crippen molar-refractivity contribution in [3.63, 3.8) is 0 Å². The molecule has 1 saturated heterocycles. The standard InChI is InChI=1S/C32H33ClN6O2/c1-7-22-11-9-10-12-23(22)28-25(33)17-24-30(38-16-15-37(18-21(38)6)26(40)8-2)36-32(41)39(31(24)35-28)29-20(5)13-14-34-27(29)19(3)4/h7-14,17,19,21H,1-2,15-16,18H2,3-6H3/t21-/m0/s1/i40+2. The topological polar surface area (TPSA) is 84.2 Å². The molecule has 3 aromatic heterocycles. The Kier molecular flexibility index (Phi) is 7.78. The number of fused-ring (bicyclic) bond motifs is 1. The molecule has 41 heavy (non-hydrogen) atoms. The number of carbonyl (C=O) groups is 1. The molecule has 1 aromatic carbocycles. The summed E-state index contributed by atoms with van der Waals surface area (Å²) < 4.78 is 1.56. The first-order valence-electron chi connectivity index (χ1n) is 13.6. The normalized spacial score (nSPS) is 15.4. The highest BCUT2D eigenvalue weighted by Gasteiger charge is 2.30. The average Bonchev–Trinajstić information content (AvgIpc) is 2.96. The van der Waals surface area contributed by atoms with Crippen LogP contribution in [0.5, 0.6) is 0 Å². The number of rotatable bonds is 6. The van der Waals surface area contributed by atoms with E-state index in [-0.39, 0.29) is 17.9 Å². The molecule has 0 saturated carbocycles. The van der Waals surface area contributed by atoms with Gasteiger partial charge in [-0.2, -0.15) is 4.98 Å². The molecular weight excluding hydrogens is 538 g/mol. The molecule has 4 heterocycles. The van der Waals surface area contributed by atoms with Crippen LogP contribution in [0, 0.1) is 6.92 Å². The molecule has 210 valence electrons. The Balaban J connectivity index is 1.82. The quantitative estimate of drug-likeness (QED) is 0.215. The first-order valence-corrected chi connectivity index (χ1v) is 14.0. The van der Waals surface area contributed by atoms with Crippen LogP contribution in [-0.2, 0) is 4.79 Å². The van der Waals surface area contributed by atoms with Crippen molar-refractivity contribution in [3.05, 3.63) is 94.2 Å². The summed E-state index contributed by atoms with van der Waals surface area (Å²) in [4.78, 5) is 44.5. The summed E-state index contributed by atoms with van der Waals surface area (Å²) in [6.07, 6.45) is 4.84. The maximum absolute atomic E-state index is 14.0. The summed E-state index contributed by atoms with van der Waals surface area (Å²) in [6.45, 7) is 17.1. The number of aryl methyl sites for hydroxylation is 1. The Morgan fingerprint density at radius 1 is 1.17 bits per heavy atom. The van der Waals surface area contributed by atoms with E-state index in [1.165, 1.54) is 6.08 Å². The Labute approximate surface area is 244 Å². The van der Waals surface area contributed by atoms with E-state index in [4.69, 9.17) is 16.6 Å². The van der Waals surface area contributed by atoms with Crippen molar-refractivity contribution in [2.75, 3.05) is 24.5 Å². The molecule has 0 radical (unpaired) electrons. The summed E-state index contributed by atoms with van der Waals surface area (Å²) in [5, 5.41) is 1.07. The highest BCUT2D eigenvalue weighted by molar-refractivity contribution is 6.34. The number of hydrogen-bond donors (Lipinski definition) is 0.